The molecule has 3 N–H and O–H groups in total. The van der Waals surface area contributed by atoms with Gasteiger partial charge in [0.1, 0.15) is 36.0 Å². The smallest absolute Gasteiger partial charge is 0.217 e. The van der Waals surface area contributed by atoms with E-state index in [0.717, 1.165) is 66.5 Å². The number of carbonyl (C=O) groups is 1. The van der Waals surface area contributed by atoms with Gasteiger partial charge in [-0.2, -0.15) is 5.26 Å². The van der Waals surface area contributed by atoms with Crippen LogP contribution in [-0.2, 0) is 24.4 Å². The third kappa shape index (κ3) is 10.4. The van der Waals surface area contributed by atoms with Gasteiger partial charge < -0.3 is 30.2 Å². The zero-order chi connectivity index (χ0) is 37.0. The van der Waals surface area contributed by atoms with Crippen molar-refractivity contribution in [2.24, 2.45) is 5.73 Å². The first-order chi connectivity index (χ1) is 25.9. The van der Waals surface area contributed by atoms with Crippen molar-refractivity contribution in [1.82, 2.24) is 15.2 Å². The number of halogens is 2. The van der Waals surface area contributed by atoms with Crippen LogP contribution in [0, 0.1) is 11.3 Å². The van der Waals surface area contributed by atoms with Crippen LogP contribution >= 0.6 is 23.2 Å². The van der Waals surface area contributed by atoms with E-state index < -0.39 is 0 Å². The Morgan fingerprint density at radius 2 is 1.79 bits per heavy atom. The van der Waals surface area contributed by atoms with Gasteiger partial charge >= 0.3 is 0 Å². The second-order valence-electron chi connectivity index (χ2n) is 13.7. The number of hydrogen-bond acceptors (Lipinski definition) is 8. The minimum atomic E-state index is -0.295. The quantitative estimate of drug-likeness (QED) is 0.0969. The summed E-state index contributed by atoms with van der Waals surface area (Å²) in [6, 6.07) is 19.9. The number of hydrogen-bond donors (Lipinski definition) is 2. The Kier molecular flexibility index (Phi) is 13.9. The highest BCUT2D eigenvalue weighted by atomic mass is 35.5. The number of piperidine rings is 1. The molecule has 11 heteroatoms. The fraction of sp³-hybridized carbons (Fsp3) is 0.405. The molecule has 53 heavy (non-hydrogen) atoms. The maximum Gasteiger partial charge on any atom is 0.217 e. The van der Waals surface area contributed by atoms with Crippen molar-refractivity contribution in [2.75, 3.05) is 32.8 Å². The van der Waals surface area contributed by atoms with E-state index in [2.05, 4.69) is 45.5 Å². The second-order valence-corrected chi connectivity index (χ2v) is 14.5. The lowest BCUT2D eigenvalue weighted by molar-refractivity contribution is -0.118. The van der Waals surface area contributed by atoms with Gasteiger partial charge in [-0.3, -0.25) is 9.78 Å². The second kappa shape index (κ2) is 19.1. The van der Waals surface area contributed by atoms with Gasteiger partial charge in [0.2, 0.25) is 5.91 Å². The molecule has 2 heterocycles. The Hall–Kier alpha value is -4.33. The fourth-order valence-corrected chi connectivity index (χ4v) is 7.64. The van der Waals surface area contributed by atoms with E-state index >= 15 is 0 Å². The molecular formula is C42H47Cl2N5O4. The number of amides is 1. The molecule has 0 unspecified atom stereocenters. The molecule has 4 aromatic rings. The number of pyridine rings is 1. The van der Waals surface area contributed by atoms with E-state index in [-0.39, 0.29) is 18.6 Å². The van der Waals surface area contributed by atoms with Gasteiger partial charge in [-0.25, -0.2) is 0 Å². The van der Waals surface area contributed by atoms with E-state index in [4.69, 9.17) is 43.1 Å². The number of aromatic nitrogens is 1. The lowest BCUT2D eigenvalue weighted by Gasteiger charge is -2.26. The molecule has 1 aliphatic carbocycles. The molecular weight excluding hydrogens is 709 g/mol. The molecule has 0 spiro atoms. The highest BCUT2D eigenvalue weighted by Crippen LogP contribution is 2.45. The number of benzene rings is 3. The molecule has 0 bridgehead atoms. The first-order valence-corrected chi connectivity index (χ1v) is 19.4. The van der Waals surface area contributed by atoms with Crippen LogP contribution in [0.2, 0.25) is 10.0 Å². The number of nitrogens with zero attached hydrogens (tertiary/aromatic N) is 3. The molecule has 1 amide bonds. The van der Waals surface area contributed by atoms with Crippen molar-refractivity contribution in [1.29, 1.82) is 5.26 Å². The van der Waals surface area contributed by atoms with Crippen molar-refractivity contribution in [3.8, 4) is 34.4 Å². The lowest BCUT2D eigenvalue weighted by atomic mass is 9.96. The number of primary amides is 1. The summed E-state index contributed by atoms with van der Waals surface area (Å²) in [5.41, 5.74) is 11.7. The van der Waals surface area contributed by atoms with E-state index in [9.17, 15) is 10.1 Å². The van der Waals surface area contributed by atoms with Gasteiger partial charge in [0, 0.05) is 54.7 Å². The molecule has 3 aromatic carbocycles. The third-order valence-corrected chi connectivity index (χ3v) is 10.5. The van der Waals surface area contributed by atoms with Gasteiger partial charge in [-0.05, 0) is 99.5 Å². The van der Waals surface area contributed by atoms with Gasteiger partial charge in [0.05, 0.1) is 22.2 Å². The van der Waals surface area contributed by atoms with E-state index in [0.29, 0.717) is 59.0 Å². The average molecular weight is 757 g/mol. The van der Waals surface area contributed by atoms with Crippen molar-refractivity contribution in [2.45, 2.75) is 77.0 Å². The normalized spacial score (nSPS) is 15.5. The summed E-state index contributed by atoms with van der Waals surface area (Å²) in [4.78, 5) is 17.8. The van der Waals surface area contributed by atoms with Crippen molar-refractivity contribution < 1.29 is 19.0 Å². The van der Waals surface area contributed by atoms with Crippen molar-refractivity contribution >= 4 is 29.1 Å². The SMILES string of the molecule is N#Cc1cncc(COc2cc(O[C@H]3CCc4c(-c5cccc(OCCCN6CCCCC6)c5Cl)cccc43)c(Cl)cc2CNCCCCC(N)=O)c1. The molecule has 6 rings (SSSR count). The molecule has 0 saturated carbocycles. The first-order valence-electron chi connectivity index (χ1n) is 18.6. The molecule has 2 aliphatic rings. The molecule has 1 aliphatic heterocycles. The van der Waals surface area contributed by atoms with E-state index in [1.54, 1.807) is 12.3 Å². The van der Waals surface area contributed by atoms with Crippen LogP contribution in [0.3, 0.4) is 0 Å². The Morgan fingerprint density at radius 3 is 2.62 bits per heavy atom. The van der Waals surface area contributed by atoms with Crippen molar-refractivity contribution in [3.63, 3.8) is 0 Å². The molecule has 1 atom stereocenters. The number of nitrogens with two attached hydrogens (primary N) is 1. The Labute approximate surface area is 322 Å². The monoisotopic (exact) mass is 755 g/mol. The number of nitriles is 1. The zero-order valence-corrected chi connectivity index (χ0v) is 31.6. The Balaban J connectivity index is 1.16. The predicted molar refractivity (Wildman–Crippen MR) is 208 cm³/mol. The number of carbonyl (C=O) groups excluding carboxylic acids is 1. The molecule has 1 fully saturated rings. The summed E-state index contributed by atoms with van der Waals surface area (Å²) in [5.74, 6) is 1.55. The third-order valence-electron chi connectivity index (χ3n) is 9.84. The van der Waals surface area contributed by atoms with E-state index in [1.807, 2.05) is 24.3 Å². The summed E-state index contributed by atoms with van der Waals surface area (Å²) >= 11 is 13.9. The van der Waals surface area contributed by atoms with Gasteiger partial charge in [-0.15, -0.1) is 0 Å². The van der Waals surface area contributed by atoms with Crippen LogP contribution < -0.4 is 25.3 Å². The number of fused-ring (bicyclic) bond motifs is 1. The molecule has 278 valence electrons. The first kappa shape index (κ1) is 38.4. The highest BCUT2D eigenvalue weighted by molar-refractivity contribution is 6.35. The van der Waals surface area contributed by atoms with Crippen LogP contribution in [0.15, 0.2) is 67.0 Å². The summed E-state index contributed by atoms with van der Waals surface area (Å²) in [6.45, 7) is 5.47. The van der Waals surface area contributed by atoms with Crippen LogP contribution in [-0.4, -0.2) is 48.6 Å². The molecule has 1 aromatic heterocycles. The molecule has 0 radical (unpaired) electrons. The van der Waals surface area contributed by atoms with Gasteiger partial charge in [-0.1, -0.05) is 60.0 Å². The number of likely N-dealkylation sites (tertiary alicyclic amines) is 1. The molecule has 1 saturated heterocycles. The summed E-state index contributed by atoms with van der Waals surface area (Å²) in [6.07, 6.45) is 11.4. The summed E-state index contributed by atoms with van der Waals surface area (Å²) in [5, 5.41) is 13.8. The number of ether oxygens (including phenoxy) is 3. The van der Waals surface area contributed by atoms with Crippen LogP contribution in [0.1, 0.15) is 85.3 Å². The molecule has 9 nitrogen and oxygen atoms in total. The van der Waals surface area contributed by atoms with E-state index in [1.165, 1.54) is 44.1 Å². The maximum atomic E-state index is 11.1. The van der Waals surface area contributed by atoms with Crippen molar-refractivity contribution in [3.05, 3.63) is 105 Å². The minimum absolute atomic E-state index is 0.214. The van der Waals surface area contributed by atoms with Gasteiger partial charge in [0.25, 0.3) is 0 Å². The van der Waals surface area contributed by atoms with Crippen LogP contribution in [0.4, 0.5) is 0 Å². The summed E-state index contributed by atoms with van der Waals surface area (Å²) < 4.78 is 19.2. The predicted octanol–water partition coefficient (Wildman–Crippen LogP) is 8.57. The average Bonchev–Trinajstić information content (AvgIpc) is 3.59. The fourth-order valence-electron chi connectivity index (χ4n) is 7.13. The Bertz CT molecular complexity index is 1910. The highest BCUT2D eigenvalue weighted by Gasteiger charge is 2.28. The minimum Gasteiger partial charge on any atom is -0.492 e. The topological polar surface area (TPSA) is 123 Å². The maximum absolute atomic E-state index is 11.1. The van der Waals surface area contributed by atoms with Gasteiger partial charge in [0.15, 0.2) is 0 Å². The Morgan fingerprint density at radius 1 is 0.962 bits per heavy atom. The summed E-state index contributed by atoms with van der Waals surface area (Å²) in [7, 11) is 0. The number of rotatable bonds is 18. The number of unbranched alkanes of at least 4 members (excludes halogenated alkanes) is 1. The van der Waals surface area contributed by atoms with Crippen LogP contribution in [0.5, 0.6) is 17.2 Å². The largest absolute Gasteiger partial charge is 0.492 e. The zero-order valence-electron chi connectivity index (χ0n) is 30.0. The standard InChI is InChI=1S/C42H47Cl2N5O4/c43-36-22-31(27-47-16-3-2-13-41(46)50)39(52-28-30-21-29(24-45)25-48-26-30)23-40(36)53-37-15-14-33-32(9-6-10-34(33)37)35-11-7-12-38(42(35)44)51-20-8-19-49-17-4-1-5-18-49/h6-7,9-12,21-23,25-26,37,47H,1-5,8,13-20,27-28H2,(H2,46,50)/t37-/m0/s1. The van der Waals surface area contributed by atoms with Crippen LogP contribution in [0.25, 0.3) is 11.1 Å². The number of nitrogens with one attached hydrogen (secondary N) is 1. The lowest BCUT2D eigenvalue weighted by Crippen LogP contribution is -2.31.